The van der Waals surface area contributed by atoms with Gasteiger partial charge in [-0.3, -0.25) is 10.1 Å². The minimum atomic E-state index is -3.24. The van der Waals surface area contributed by atoms with Gasteiger partial charge in [-0.15, -0.1) is 0 Å². The zero-order valence-corrected chi connectivity index (χ0v) is 9.90. The Balaban J connectivity index is 3.08. The second-order valence-electron chi connectivity index (χ2n) is 3.55. The second kappa shape index (κ2) is 4.61. The van der Waals surface area contributed by atoms with Crippen molar-refractivity contribution in [3.63, 3.8) is 0 Å². The summed E-state index contributed by atoms with van der Waals surface area (Å²) in [6.45, 7) is 1.72. The monoisotopic (exact) mass is 243 g/mol. The molecule has 0 aliphatic rings. The summed E-state index contributed by atoms with van der Waals surface area (Å²) < 4.78 is 22.4. The highest BCUT2D eigenvalue weighted by atomic mass is 32.2. The van der Waals surface area contributed by atoms with Crippen molar-refractivity contribution in [2.75, 3.05) is 6.26 Å². The Morgan fingerprint density at radius 2 is 1.81 bits per heavy atom. The smallest absolute Gasteiger partial charge is 0.237 e. The third kappa shape index (κ3) is 2.79. The maximum absolute atomic E-state index is 11.2. The largest absolute Gasteiger partial charge is 0.264 e. The number of benzene rings is 1. The highest BCUT2D eigenvalue weighted by molar-refractivity contribution is 7.90. The molecule has 0 N–H and O–H groups in total. The van der Waals surface area contributed by atoms with Crippen LogP contribution in [0.2, 0.25) is 0 Å². The Hall–Kier alpha value is -1.43. The standard InChI is InChI=1S/C10H13NO4S/c1-3-10(11(12)13)8-4-6-9(7-5-8)16(2,14)15/h4-7,10H,3H2,1-2H3. The summed E-state index contributed by atoms with van der Waals surface area (Å²) in [4.78, 5) is 10.5. The molecule has 0 amide bonds. The lowest BCUT2D eigenvalue weighted by molar-refractivity contribution is -0.529. The fourth-order valence-electron chi connectivity index (χ4n) is 1.44. The van der Waals surface area contributed by atoms with Gasteiger partial charge in [0.1, 0.15) is 0 Å². The van der Waals surface area contributed by atoms with E-state index in [2.05, 4.69) is 0 Å². The molecule has 0 fully saturated rings. The van der Waals surface area contributed by atoms with Gasteiger partial charge >= 0.3 is 0 Å². The molecule has 0 bridgehead atoms. The van der Waals surface area contributed by atoms with E-state index in [0.29, 0.717) is 12.0 Å². The zero-order chi connectivity index (χ0) is 12.3. The lowest BCUT2D eigenvalue weighted by Gasteiger charge is -2.07. The maximum Gasteiger partial charge on any atom is 0.237 e. The summed E-state index contributed by atoms with van der Waals surface area (Å²) in [5.41, 5.74) is 0.528. The van der Waals surface area contributed by atoms with Crippen LogP contribution in [0.3, 0.4) is 0 Å². The normalized spacial score (nSPS) is 13.4. The summed E-state index contributed by atoms with van der Waals surface area (Å²) in [5.74, 6) is 0. The molecule has 0 saturated heterocycles. The molecule has 0 aliphatic carbocycles. The van der Waals surface area contributed by atoms with E-state index in [0.717, 1.165) is 6.26 Å². The first-order valence-electron chi connectivity index (χ1n) is 4.79. The molecular weight excluding hydrogens is 230 g/mol. The van der Waals surface area contributed by atoms with Crippen molar-refractivity contribution >= 4 is 9.84 Å². The first-order valence-corrected chi connectivity index (χ1v) is 6.69. The van der Waals surface area contributed by atoms with Crippen molar-refractivity contribution < 1.29 is 13.3 Å². The van der Waals surface area contributed by atoms with Crippen molar-refractivity contribution in [3.05, 3.63) is 39.9 Å². The lowest BCUT2D eigenvalue weighted by Crippen LogP contribution is -2.09. The van der Waals surface area contributed by atoms with E-state index < -0.39 is 15.9 Å². The van der Waals surface area contributed by atoms with E-state index in [-0.39, 0.29) is 9.82 Å². The molecule has 1 rings (SSSR count). The maximum atomic E-state index is 11.2. The Kier molecular flexibility index (Phi) is 3.64. The van der Waals surface area contributed by atoms with Crippen LogP contribution in [0, 0.1) is 10.1 Å². The number of hydrogen-bond acceptors (Lipinski definition) is 4. The van der Waals surface area contributed by atoms with Gasteiger partial charge in [-0.1, -0.05) is 19.1 Å². The highest BCUT2D eigenvalue weighted by Gasteiger charge is 2.20. The molecule has 5 nitrogen and oxygen atoms in total. The van der Waals surface area contributed by atoms with Gasteiger partial charge in [0.05, 0.1) is 4.90 Å². The van der Waals surface area contributed by atoms with E-state index in [1.807, 2.05) is 0 Å². The van der Waals surface area contributed by atoms with Crippen LogP contribution >= 0.6 is 0 Å². The van der Waals surface area contributed by atoms with Crippen molar-refractivity contribution in [1.82, 2.24) is 0 Å². The van der Waals surface area contributed by atoms with Crippen molar-refractivity contribution in [3.8, 4) is 0 Å². The van der Waals surface area contributed by atoms with E-state index >= 15 is 0 Å². The summed E-state index contributed by atoms with van der Waals surface area (Å²) in [6, 6.07) is 5.02. The van der Waals surface area contributed by atoms with Gasteiger partial charge < -0.3 is 0 Å². The molecule has 1 aromatic carbocycles. The molecule has 1 unspecified atom stereocenters. The summed E-state index contributed by atoms with van der Waals surface area (Å²) in [5, 5.41) is 10.7. The Labute approximate surface area is 94.2 Å². The summed E-state index contributed by atoms with van der Waals surface area (Å²) >= 11 is 0. The van der Waals surface area contributed by atoms with E-state index in [9.17, 15) is 18.5 Å². The van der Waals surface area contributed by atoms with Crippen LogP contribution in [0.25, 0.3) is 0 Å². The molecule has 1 aromatic rings. The molecule has 0 aromatic heterocycles. The first kappa shape index (κ1) is 12.6. The van der Waals surface area contributed by atoms with E-state index in [1.165, 1.54) is 24.3 Å². The Bertz CT molecular complexity index is 478. The average molecular weight is 243 g/mol. The molecule has 88 valence electrons. The number of nitrogens with zero attached hydrogens (tertiary/aromatic N) is 1. The molecule has 0 saturated carbocycles. The van der Waals surface area contributed by atoms with Gasteiger partial charge in [0.15, 0.2) is 9.84 Å². The van der Waals surface area contributed by atoms with E-state index in [1.54, 1.807) is 6.92 Å². The molecule has 0 aliphatic heterocycles. The number of rotatable bonds is 4. The fraction of sp³-hybridized carbons (Fsp3) is 0.400. The Morgan fingerprint density at radius 1 is 1.31 bits per heavy atom. The summed E-state index contributed by atoms with van der Waals surface area (Å²) in [6.07, 6.45) is 1.48. The summed E-state index contributed by atoms with van der Waals surface area (Å²) in [7, 11) is -3.24. The van der Waals surface area contributed by atoms with Crippen LogP contribution in [-0.4, -0.2) is 19.6 Å². The highest BCUT2D eigenvalue weighted by Crippen LogP contribution is 2.21. The first-order chi connectivity index (χ1) is 7.36. The number of sulfone groups is 1. The average Bonchev–Trinajstić information content (AvgIpc) is 2.17. The fourth-order valence-corrected chi connectivity index (χ4v) is 2.07. The van der Waals surface area contributed by atoms with E-state index in [4.69, 9.17) is 0 Å². The van der Waals surface area contributed by atoms with Gasteiger partial charge in [0.2, 0.25) is 6.04 Å². The minimum absolute atomic E-state index is 0.175. The van der Waals surface area contributed by atoms with Crippen LogP contribution in [0.1, 0.15) is 24.9 Å². The zero-order valence-electron chi connectivity index (χ0n) is 9.08. The van der Waals surface area contributed by atoms with Gasteiger partial charge in [-0.25, -0.2) is 8.42 Å². The second-order valence-corrected chi connectivity index (χ2v) is 5.57. The van der Waals surface area contributed by atoms with Gasteiger partial charge in [0, 0.05) is 23.2 Å². The molecule has 1 atom stereocenters. The van der Waals surface area contributed by atoms with Crippen LogP contribution in [0.15, 0.2) is 29.2 Å². The molecule has 0 radical (unpaired) electrons. The Morgan fingerprint density at radius 3 is 2.12 bits per heavy atom. The van der Waals surface area contributed by atoms with Crippen LogP contribution in [0.5, 0.6) is 0 Å². The topological polar surface area (TPSA) is 77.3 Å². The third-order valence-corrected chi connectivity index (χ3v) is 3.46. The van der Waals surface area contributed by atoms with Gasteiger partial charge in [-0.2, -0.15) is 0 Å². The van der Waals surface area contributed by atoms with Crippen molar-refractivity contribution in [2.24, 2.45) is 0 Å². The predicted molar refractivity (Wildman–Crippen MR) is 59.6 cm³/mol. The molecule has 16 heavy (non-hydrogen) atoms. The molecule has 0 spiro atoms. The quantitative estimate of drug-likeness (QED) is 0.597. The third-order valence-electron chi connectivity index (χ3n) is 2.33. The molecule has 0 heterocycles. The molecule has 6 heteroatoms. The SMILES string of the molecule is CCC(c1ccc(S(C)(=O)=O)cc1)[N+](=O)[O-]. The van der Waals surface area contributed by atoms with Crippen LogP contribution in [-0.2, 0) is 9.84 Å². The lowest BCUT2D eigenvalue weighted by atomic mass is 10.1. The minimum Gasteiger partial charge on any atom is -0.264 e. The number of hydrogen-bond donors (Lipinski definition) is 0. The van der Waals surface area contributed by atoms with Gasteiger partial charge in [-0.05, 0) is 12.1 Å². The predicted octanol–water partition coefficient (Wildman–Crippen LogP) is 1.82. The van der Waals surface area contributed by atoms with Crippen molar-refractivity contribution in [2.45, 2.75) is 24.3 Å². The van der Waals surface area contributed by atoms with Gasteiger partial charge in [0.25, 0.3) is 0 Å². The molecular formula is C10H13NO4S. The van der Waals surface area contributed by atoms with Crippen LogP contribution < -0.4 is 0 Å². The van der Waals surface area contributed by atoms with Crippen LogP contribution in [0.4, 0.5) is 0 Å². The number of nitro groups is 1. The van der Waals surface area contributed by atoms with Crippen molar-refractivity contribution in [1.29, 1.82) is 0 Å².